The largest absolute Gasteiger partial charge is 0.495 e. The third kappa shape index (κ3) is 1.89. The summed E-state index contributed by atoms with van der Waals surface area (Å²) in [5, 5.41) is 9.96. The maximum absolute atomic E-state index is 9.96. The molecule has 0 aromatic heterocycles. The van der Waals surface area contributed by atoms with Crippen LogP contribution < -0.4 is 0 Å². The lowest BCUT2D eigenvalue weighted by atomic mass is 9.90. The number of aliphatic hydroxyl groups is 1. The Morgan fingerprint density at radius 3 is 3.00 bits per heavy atom. The summed E-state index contributed by atoms with van der Waals surface area (Å²) in [7, 11) is 0. The first-order valence-electron chi connectivity index (χ1n) is 4.41. The minimum atomic E-state index is -0.908. The molecule has 0 spiro atoms. The van der Waals surface area contributed by atoms with Crippen LogP contribution >= 0.6 is 0 Å². The van der Waals surface area contributed by atoms with Gasteiger partial charge in [-0.15, -0.1) is 0 Å². The Kier molecular flexibility index (Phi) is 2.93. The summed E-state index contributed by atoms with van der Waals surface area (Å²) in [6, 6.07) is 0. The van der Waals surface area contributed by atoms with Gasteiger partial charge in [-0.3, -0.25) is 0 Å². The third-order valence-electron chi connectivity index (χ3n) is 2.12. The summed E-state index contributed by atoms with van der Waals surface area (Å²) in [4.78, 5) is 0. The van der Waals surface area contributed by atoms with Crippen molar-refractivity contribution in [3.05, 3.63) is 24.5 Å². The van der Waals surface area contributed by atoms with E-state index in [1.807, 2.05) is 13.0 Å². The maximum atomic E-state index is 9.96. The van der Waals surface area contributed by atoms with Crippen molar-refractivity contribution in [2.45, 2.75) is 31.8 Å². The zero-order valence-electron chi connectivity index (χ0n) is 7.55. The Balaban J connectivity index is 2.63. The Morgan fingerprint density at radius 1 is 1.75 bits per heavy atom. The SMILES string of the molecule is C=C(OCC)C1(O)C=CCCC1. The van der Waals surface area contributed by atoms with Gasteiger partial charge in [-0.05, 0) is 32.3 Å². The molecule has 0 heterocycles. The van der Waals surface area contributed by atoms with Crippen molar-refractivity contribution >= 4 is 0 Å². The first kappa shape index (κ1) is 9.33. The van der Waals surface area contributed by atoms with Gasteiger partial charge in [-0.2, -0.15) is 0 Å². The van der Waals surface area contributed by atoms with Gasteiger partial charge in [0.25, 0.3) is 0 Å². The first-order valence-corrected chi connectivity index (χ1v) is 4.41. The van der Waals surface area contributed by atoms with Gasteiger partial charge in [0.2, 0.25) is 0 Å². The fourth-order valence-electron chi connectivity index (χ4n) is 1.38. The van der Waals surface area contributed by atoms with Crippen LogP contribution in [0.1, 0.15) is 26.2 Å². The second-order valence-electron chi connectivity index (χ2n) is 3.08. The summed E-state index contributed by atoms with van der Waals surface area (Å²) in [6.07, 6.45) is 6.53. The highest BCUT2D eigenvalue weighted by molar-refractivity contribution is 5.19. The lowest BCUT2D eigenvalue weighted by molar-refractivity contribution is 0.0405. The highest BCUT2D eigenvalue weighted by Gasteiger charge is 2.29. The summed E-state index contributed by atoms with van der Waals surface area (Å²) in [5.74, 6) is 0.473. The second kappa shape index (κ2) is 3.76. The molecular weight excluding hydrogens is 152 g/mol. The number of ether oxygens (including phenoxy) is 1. The molecule has 0 aromatic carbocycles. The molecule has 0 amide bonds. The van der Waals surface area contributed by atoms with Crippen LogP contribution in [0.3, 0.4) is 0 Å². The number of hydrogen-bond acceptors (Lipinski definition) is 2. The molecule has 12 heavy (non-hydrogen) atoms. The highest BCUT2D eigenvalue weighted by atomic mass is 16.5. The van der Waals surface area contributed by atoms with E-state index in [2.05, 4.69) is 6.58 Å². The van der Waals surface area contributed by atoms with Gasteiger partial charge in [-0.1, -0.05) is 12.7 Å². The quantitative estimate of drug-likeness (QED) is 0.516. The van der Waals surface area contributed by atoms with Crippen LogP contribution in [-0.2, 0) is 4.74 Å². The smallest absolute Gasteiger partial charge is 0.139 e. The summed E-state index contributed by atoms with van der Waals surface area (Å²) in [5.41, 5.74) is -0.908. The molecule has 1 aliphatic carbocycles. The lowest BCUT2D eigenvalue weighted by Gasteiger charge is -2.28. The normalized spacial score (nSPS) is 28.5. The van der Waals surface area contributed by atoms with Crippen LogP contribution in [0.2, 0.25) is 0 Å². The fraction of sp³-hybridized carbons (Fsp3) is 0.600. The van der Waals surface area contributed by atoms with Gasteiger partial charge in [0.15, 0.2) is 0 Å². The van der Waals surface area contributed by atoms with Crippen molar-refractivity contribution in [2.75, 3.05) is 6.61 Å². The molecule has 0 aliphatic heterocycles. The molecule has 0 radical (unpaired) electrons. The van der Waals surface area contributed by atoms with Crippen LogP contribution in [0.25, 0.3) is 0 Å². The molecular formula is C10H16O2. The fourth-order valence-corrected chi connectivity index (χ4v) is 1.38. The molecule has 68 valence electrons. The van der Waals surface area contributed by atoms with Gasteiger partial charge in [-0.25, -0.2) is 0 Å². The Hall–Kier alpha value is -0.760. The molecule has 1 N–H and O–H groups in total. The first-order chi connectivity index (χ1) is 5.69. The van der Waals surface area contributed by atoms with E-state index in [9.17, 15) is 5.11 Å². The Labute approximate surface area is 73.5 Å². The molecule has 1 unspecified atom stereocenters. The van der Waals surface area contributed by atoms with E-state index in [1.54, 1.807) is 6.08 Å². The minimum absolute atomic E-state index is 0.473. The van der Waals surface area contributed by atoms with Crippen molar-refractivity contribution in [1.29, 1.82) is 0 Å². The van der Waals surface area contributed by atoms with Crippen LogP contribution in [0.4, 0.5) is 0 Å². The van der Waals surface area contributed by atoms with Crippen molar-refractivity contribution in [1.82, 2.24) is 0 Å². The predicted molar refractivity (Wildman–Crippen MR) is 48.7 cm³/mol. The zero-order valence-corrected chi connectivity index (χ0v) is 7.55. The number of rotatable bonds is 3. The zero-order chi connectivity index (χ0) is 9.03. The van der Waals surface area contributed by atoms with Gasteiger partial charge in [0, 0.05) is 0 Å². The summed E-state index contributed by atoms with van der Waals surface area (Å²) >= 11 is 0. The average Bonchev–Trinajstić information content (AvgIpc) is 2.06. The average molecular weight is 168 g/mol. The summed E-state index contributed by atoms with van der Waals surface area (Å²) in [6.45, 7) is 6.17. The van der Waals surface area contributed by atoms with Crippen LogP contribution in [0, 0.1) is 0 Å². The number of allylic oxidation sites excluding steroid dienone is 1. The van der Waals surface area contributed by atoms with E-state index in [1.165, 1.54) is 0 Å². The molecule has 0 fully saturated rings. The summed E-state index contributed by atoms with van der Waals surface area (Å²) < 4.78 is 5.19. The number of hydrogen-bond donors (Lipinski definition) is 1. The molecule has 0 bridgehead atoms. The molecule has 1 rings (SSSR count). The maximum Gasteiger partial charge on any atom is 0.139 e. The van der Waals surface area contributed by atoms with Gasteiger partial charge >= 0.3 is 0 Å². The van der Waals surface area contributed by atoms with E-state index in [4.69, 9.17) is 4.74 Å². The van der Waals surface area contributed by atoms with E-state index < -0.39 is 5.60 Å². The van der Waals surface area contributed by atoms with E-state index in [0.717, 1.165) is 19.3 Å². The standard InChI is InChI=1S/C10H16O2/c1-3-12-9(2)10(11)7-5-4-6-8-10/h5,7,11H,2-4,6,8H2,1H3. The second-order valence-corrected chi connectivity index (χ2v) is 3.08. The van der Waals surface area contributed by atoms with Crippen molar-refractivity contribution in [2.24, 2.45) is 0 Å². The highest BCUT2D eigenvalue weighted by Crippen LogP contribution is 2.28. The van der Waals surface area contributed by atoms with Gasteiger partial charge < -0.3 is 9.84 Å². The molecule has 0 aromatic rings. The van der Waals surface area contributed by atoms with E-state index >= 15 is 0 Å². The van der Waals surface area contributed by atoms with Gasteiger partial charge in [0.05, 0.1) is 6.61 Å². The van der Waals surface area contributed by atoms with E-state index in [0.29, 0.717) is 12.4 Å². The third-order valence-corrected chi connectivity index (χ3v) is 2.12. The van der Waals surface area contributed by atoms with E-state index in [-0.39, 0.29) is 0 Å². The topological polar surface area (TPSA) is 29.5 Å². The van der Waals surface area contributed by atoms with Gasteiger partial charge in [0.1, 0.15) is 11.4 Å². The van der Waals surface area contributed by atoms with Crippen LogP contribution in [0.15, 0.2) is 24.5 Å². The molecule has 2 heteroatoms. The van der Waals surface area contributed by atoms with Crippen molar-refractivity contribution in [3.8, 4) is 0 Å². The van der Waals surface area contributed by atoms with Crippen molar-refractivity contribution < 1.29 is 9.84 Å². The predicted octanol–water partition coefficient (Wildman–Crippen LogP) is 2.01. The van der Waals surface area contributed by atoms with Crippen molar-refractivity contribution in [3.63, 3.8) is 0 Å². The monoisotopic (exact) mass is 168 g/mol. The lowest BCUT2D eigenvalue weighted by Crippen LogP contribution is -2.31. The van der Waals surface area contributed by atoms with Crippen LogP contribution in [0.5, 0.6) is 0 Å². The molecule has 0 saturated carbocycles. The Morgan fingerprint density at radius 2 is 2.50 bits per heavy atom. The molecule has 0 saturated heterocycles. The van der Waals surface area contributed by atoms with Crippen LogP contribution in [-0.4, -0.2) is 17.3 Å². The Bertz CT molecular complexity index is 196. The molecule has 2 nitrogen and oxygen atoms in total. The molecule has 1 atom stereocenters. The minimum Gasteiger partial charge on any atom is -0.495 e. The molecule has 1 aliphatic rings.